The van der Waals surface area contributed by atoms with Crippen molar-refractivity contribution in [2.45, 2.75) is 315 Å². The Balaban J connectivity index is 1.75. The van der Waals surface area contributed by atoms with Crippen LogP contribution in [0.15, 0.2) is 24.3 Å². The predicted molar refractivity (Wildman–Crippen MR) is 429 cm³/mol. The largest absolute Gasteiger partial charge is 0.497 e. The van der Waals surface area contributed by atoms with Gasteiger partial charge in [-0.15, -0.1) is 0 Å². The van der Waals surface area contributed by atoms with Crippen molar-refractivity contribution in [3.8, 4) is 5.75 Å². The highest BCUT2D eigenvalue weighted by Crippen LogP contribution is 2.29. The summed E-state index contributed by atoms with van der Waals surface area (Å²) in [5, 5.41) is 38.1. The fraction of sp³-hybridized carbons (Fsp3) is 0.720. The number of rotatable bonds is 39. The second kappa shape index (κ2) is 48.9. The molecule has 3 saturated heterocycles. The summed E-state index contributed by atoms with van der Waals surface area (Å²) in [5.41, 5.74) is 16.8. The number of ether oxygens (including phenoxy) is 4. The van der Waals surface area contributed by atoms with E-state index in [4.69, 9.17) is 36.1 Å². The molecule has 1 aromatic carbocycles. The van der Waals surface area contributed by atoms with Crippen molar-refractivity contribution in [3.05, 3.63) is 29.8 Å². The first-order valence-electron chi connectivity index (χ1n) is 41.4. The van der Waals surface area contributed by atoms with Crippen LogP contribution < -0.4 is 53.8 Å². The number of benzene rings is 1. The standard InChI is InChI=1S/C82H131N13O23/c1-16-18-19-20-21-24-52(96)42-66(101)86-54(31-34-63(83)98)73(105)87-55(32-35-64(84)99)74(106)88-56(33-36-65(85)100)81(113)117-50(12)77(109)94-37-22-25-58(94)79(111)92(13)60(40-45(5)6)75(107)91-69-49(11)116-82(114)61(41-51-27-29-53(115-15)30-28-51)93(14)80(112)59-26-23-38-95(59)78(110)57(39-44(3)4)89-72(104)48(10)70(103)71(46(7)8)118-67(102)43-62(97)68(47(9)17-2)90-76(69)108/h27-30,44-50,52,54-62,68-69,71,96-97H,16-26,31-43H2,1-15H3,(H2,83,98)(H2,84,99)(H2,85,100)(H,86,101)(H,87,105)(H,88,106)(H,89,104)(H,90,108)(H,91,107)/t47-,48-,49-,50-,52+,54-,55-,56-,57+,58-,59-,60+,61-,62+,68-,69-,71+/m0/s1. The molecule has 36 nitrogen and oxygen atoms in total. The lowest BCUT2D eigenvalue weighted by molar-refractivity contribution is -0.163. The number of likely N-dealkylation sites (tertiary alicyclic amines) is 1. The van der Waals surface area contributed by atoms with E-state index in [1.54, 1.807) is 65.8 Å². The number of aliphatic hydroxyl groups is 2. The fourth-order valence-corrected chi connectivity index (χ4v) is 14.6. The molecule has 3 aliphatic heterocycles. The quantitative estimate of drug-likeness (QED) is 0.0191. The Hall–Kier alpha value is -9.87. The number of primary amides is 3. The zero-order chi connectivity index (χ0) is 88.7. The molecule has 3 fully saturated rings. The van der Waals surface area contributed by atoms with Gasteiger partial charge in [0.15, 0.2) is 18.0 Å². The molecule has 0 bridgehead atoms. The van der Waals surface area contributed by atoms with E-state index in [1.165, 1.54) is 46.9 Å². The van der Waals surface area contributed by atoms with Crippen molar-refractivity contribution in [2.24, 2.45) is 46.8 Å². The minimum atomic E-state index is -1.93. The van der Waals surface area contributed by atoms with Gasteiger partial charge in [0.2, 0.25) is 70.9 Å². The van der Waals surface area contributed by atoms with Gasteiger partial charge >= 0.3 is 17.9 Å². The van der Waals surface area contributed by atoms with Crippen molar-refractivity contribution in [1.29, 1.82) is 0 Å². The Bertz CT molecular complexity index is 3640. The van der Waals surface area contributed by atoms with E-state index in [-0.39, 0.29) is 70.4 Å². The first-order valence-corrected chi connectivity index (χ1v) is 41.4. The highest BCUT2D eigenvalue weighted by molar-refractivity contribution is 6.05. The summed E-state index contributed by atoms with van der Waals surface area (Å²) in [6.07, 6.45) is -6.53. The summed E-state index contributed by atoms with van der Waals surface area (Å²) >= 11 is 0. The van der Waals surface area contributed by atoms with Gasteiger partial charge in [0, 0.05) is 52.9 Å². The maximum atomic E-state index is 15.4. The van der Waals surface area contributed by atoms with E-state index in [2.05, 4.69) is 31.9 Å². The topological polar surface area (TPSA) is 531 Å². The van der Waals surface area contributed by atoms with Gasteiger partial charge in [0.05, 0.1) is 44.1 Å². The normalized spacial score (nSPS) is 23.2. The number of esters is 3. The van der Waals surface area contributed by atoms with E-state index in [0.29, 0.717) is 30.6 Å². The van der Waals surface area contributed by atoms with Crippen LogP contribution in [0.25, 0.3) is 0 Å². The van der Waals surface area contributed by atoms with Gasteiger partial charge in [-0.25, -0.2) is 9.59 Å². The van der Waals surface area contributed by atoms with Gasteiger partial charge in [-0.05, 0) is 126 Å². The minimum Gasteiger partial charge on any atom is -0.497 e. The maximum absolute atomic E-state index is 15.4. The zero-order valence-corrected chi connectivity index (χ0v) is 71.3. The third-order valence-electron chi connectivity index (χ3n) is 21.8. The minimum absolute atomic E-state index is 0.00717. The molecule has 14 N–H and O–H groups in total. The van der Waals surface area contributed by atoms with Crippen molar-refractivity contribution in [2.75, 3.05) is 34.3 Å². The number of likely N-dealkylation sites (N-methyl/N-ethyl adjacent to an activating group) is 2. The first kappa shape index (κ1) is 100. The smallest absolute Gasteiger partial charge is 0.329 e. The van der Waals surface area contributed by atoms with Gasteiger partial charge in [-0.3, -0.25) is 71.9 Å². The second-order valence-electron chi connectivity index (χ2n) is 32.7. The molecule has 0 aliphatic carbocycles. The lowest BCUT2D eigenvalue weighted by atomic mass is 9.91. The lowest BCUT2D eigenvalue weighted by Gasteiger charge is -2.36. The van der Waals surface area contributed by atoms with Crippen LogP contribution in [0.2, 0.25) is 0 Å². The first-order chi connectivity index (χ1) is 55.5. The molecule has 3 aliphatic rings. The molecule has 17 atom stereocenters. The lowest BCUT2D eigenvalue weighted by Crippen LogP contribution is -2.62. The van der Waals surface area contributed by atoms with Crippen molar-refractivity contribution >= 4 is 100 Å². The summed E-state index contributed by atoms with van der Waals surface area (Å²) < 4.78 is 23.0. The average molecular weight is 1670 g/mol. The fourth-order valence-electron chi connectivity index (χ4n) is 14.6. The van der Waals surface area contributed by atoms with Crippen molar-refractivity contribution in [3.63, 3.8) is 0 Å². The molecular formula is C82H131N13O23. The Morgan fingerprint density at radius 2 is 1.27 bits per heavy atom. The third kappa shape index (κ3) is 31.1. The molecule has 4 rings (SSSR count). The number of ketones is 1. The summed E-state index contributed by atoms with van der Waals surface area (Å²) in [6, 6.07) is -8.51. The molecule has 0 radical (unpaired) electrons. The Morgan fingerprint density at radius 1 is 0.695 bits per heavy atom. The summed E-state index contributed by atoms with van der Waals surface area (Å²) in [5.74, 6) is -19.0. The van der Waals surface area contributed by atoms with Crippen LogP contribution in [0.5, 0.6) is 5.75 Å². The van der Waals surface area contributed by atoms with Gasteiger partial charge in [0.25, 0.3) is 5.91 Å². The number of carbonyl (C=O) groups is 17. The second-order valence-corrected chi connectivity index (χ2v) is 32.7. The highest BCUT2D eigenvalue weighted by atomic mass is 16.6. The molecule has 0 spiro atoms. The molecule has 13 amide bonds. The number of hydrogen-bond donors (Lipinski definition) is 11. The van der Waals surface area contributed by atoms with Crippen LogP contribution in [0, 0.1) is 29.6 Å². The van der Waals surface area contributed by atoms with E-state index in [9.17, 15) is 67.7 Å². The molecule has 1 aromatic rings. The Labute approximate surface area is 691 Å². The molecule has 0 aromatic heterocycles. The number of carbonyl (C=O) groups excluding carboxylic acids is 17. The molecule has 662 valence electrons. The summed E-state index contributed by atoms with van der Waals surface area (Å²) in [6.45, 7) is 19.4. The molecule has 0 saturated carbocycles. The van der Waals surface area contributed by atoms with Gasteiger partial charge in [0.1, 0.15) is 66.2 Å². The van der Waals surface area contributed by atoms with Crippen LogP contribution in [-0.2, 0) is 102 Å². The SMILES string of the molecule is CCCCCCC[C@@H](O)CC(=O)N[C@@H](CCC(N)=O)C(=O)N[C@@H](CCC(N)=O)C(=O)N[C@@H](CCC(N)=O)C(=O)O[C@@H](C)C(=O)N1CCC[C@H]1C(=O)N(C)[C@H](CC(C)C)C(=O)N[C@@H]1C(=O)N[C@@H]([C@@H](C)CC)[C@H](O)CC(=O)O[C@H](C(C)C)C(=O)[C@H](C)C(=O)N[C@H](CC(C)C)C(=O)N2CCC[C@H]2C(=O)N(C)[C@@H](Cc2ccc(OC)cc2)C(=O)O[C@H]1C. The highest BCUT2D eigenvalue weighted by Gasteiger charge is 2.47. The number of unbranched alkanes of at least 4 members (excludes halogenated alkanes) is 4. The van der Waals surface area contributed by atoms with Crippen LogP contribution in [0.4, 0.5) is 0 Å². The van der Waals surface area contributed by atoms with E-state index in [0.717, 1.165) is 40.4 Å². The monoisotopic (exact) mass is 1670 g/mol. The molecule has 118 heavy (non-hydrogen) atoms. The van der Waals surface area contributed by atoms with Crippen LogP contribution >= 0.6 is 0 Å². The molecule has 3 heterocycles. The number of nitrogens with zero attached hydrogens (tertiary/aromatic N) is 4. The van der Waals surface area contributed by atoms with Gasteiger partial charge < -0.3 is 97.9 Å². The van der Waals surface area contributed by atoms with E-state index >= 15 is 24.0 Å². The molecule has 0 unspecified atom stereocenters. The number of amides is 13. The molecule has 36 heteroatoms. The number of methoxy groups -OCH3 is 1. The van der Waals surface area contributed by atoms with Gasteiger partial charge in [-0.2, -0.15) is 0 Å². The number of Topliss-reactive ketones (excluding diaryl/α,β-unsaturated/α-hetero) is 1. The predicted octanol–water partition coefficient (Wildman–Crippen LogP) is 1.23. The number of aliphatic hydroxyl groups excluding tert-OH is 2. The van der Waals surface area contributed by atoms with E-state index in [1.807, 2.05) is 20.8 Å². The number of nitrogens with one attached hydrogen (secondary N) is 6. The average Bonchev–Trinajstić information content (AvgIpc) is 1.61. The summed E-state index contributed by atoms with van der Waals surface area (Å²) in [4.78, 5) is 245. The van der Waals surface area contributed by atoms with Crippen molar-refractivity contribution in [1.82, 2.24) is 51.5 Å². The summed E-state index contributed by atoms with van der Waals surface area (Å²) in [7, 11) is 4.09. The van der Waals surface area contributed by atoms with Gasteiger partial charge in [-0.1, -0.05) is 113 Å². The Kier molecular flexibility index (Phi) is 41.6. The number of fused-ring (bicyclic) bond motifs is 1. The van der Waals surface area contributed by atoms with Crippen LogP contribution in [0.3, 0.4) is 0 Å². The number of cyclic esters (lactones) is 2. The molecular weight excluding hydrogens is 1530 g/mol. The number of hydrogen-bond acceptors (Lipinski definition) is 23. The van der Waals surface area contributed by atoms with Crippen LogP contribution in [-0.4, -0.2) is 256 Å². The van der Waals surface area contributed by atoms with Crippen LogP contribution in [0.1, 0.15) is 223 Å². The Morgan fingerprint density at radius 3 is 1.83 bits per heavy atom. The van der Waals surface area contributed by atoms with E-state index < -0.39 is 260 Å². The third-order valence-corrected chi connectivity index (χ3v) is 21.8. The zero-order valence-electron chi connectivity index (χ0n) is 71.3. The van der Waals surface area contributed by atoms with Crippen molar-refractivity contribution < 1.29 is 111 Å². The number of nitrogens with two attached hydrogens (primary N) is 3. The maximum Gasteiger partial charge on any atom is 0.329 e.